The third-order valence-corrected chi connectivity index (χ3v) is 3.94. The number of hydrogen-bond donors (Lipinski definition) is 2. The van der Waals surface area contributed by atoms with E-state index in [9.17, 15) is 20.0 Å². The molecule has 6 nitrogen and oxygen atoms in total. The monoisotopic (exact) mass is 314 g/mol. The molecule has 0 heterocycles. The van der Waals surface area contributed by atoms with E-state index in [2.05, 4.69) is 19.2 Å². The Morgan fingerprint density at radius 2 is 2.00 bits per heavy atom. The lowest BCUT2D eigenvalue weighted by atomic mass is 9.95. The molecule has 21 heavy (non-hydrogen) atoms. The number of benzene rings is 1. The van der Waals surface area contributed by atoms with E-state index in [1.165, 1.54) is 0 Å². The van der Waals surface area contributed by atoms with Gasteiger partial charge in [-0.1, -0.05) is 38.3 Å². The second-order valence-electron chi connectivity index (χ2n) is 4.92. The first-order chi connectivity index (χ1) is 9.81. The number of carboxylic acids is 1. The number of halogens is 1. The van der Waals surface area contributed by atoms with E-state index < -0.39 is 10.9 Å². The average molecular weight is 315 g/mol. The van der Waals surface area contributed by atoms with Crippen LogP contribution >= 0.6 is 11.6 Å². The van der Waals surface area contributed by atoms with Crippen LogP contribution in [-0.4, -0.2) is 22.0 Å². The van der Waals surface area contributed by atoms with Gasteiger partial charge in [-0.2, -0.15) is 0 Å². The Morgan fingerprint density at radius 1 is 1.43 bits per heavy atom. The molecule has 116 valence electrons. The third-order valence-electron chi connectivity index (χ3n) is 3.64. The first-order valence-corrected chi connectivity index (χ1v) is 7.17. The van der Waals surface area contributed by atoms with Crippen LogP contribution in [-0.2, 0) is 0 Å². The van der Waals surface area contributed by atoms with E-state index in [1.807, 2.05) is 6.92 Å². The van der Waals surface area contributed by atoms with Crippen molar-refractivity contribution >= 4 is 28.9 Å². The predicted molar refractivity (Wildman–Crippen MR) is 82.2 cm³/mol. The zero-order chi connectivity index (χ0) is 16.2. The molecule has 0 amide bonds. The molecule has 0 aliphatic heterocycles. The van der Waals surface area contributed by atoms with E-state index in [4.69, 9.17) is 11.6 Å². The van der Waals surface area contributed by atoms with E-state index >= 15 is 0 Å². The maximum atomic E-state index is 11.3. The smallest absolute Gasteiger partial charge is 0.338 e. The molecular formula is C14H19ClN2O4. The number of carbonyl (C=O) groups is 1. The van der Waals surface area contributed by atoms with Gasteiger partial charge in [0.25, 0.3) is 5.69 Å². The fourth-order valence-electron chi connectivity index (χ4n) is 2.35. The minimum atomic E-state index is -1.25. The summed E-state index contributed by atoms with van der Waals surface area (Å²) in [4.78, 5) is 21.5. The van der Waals surface area contributed by atoms with Crippen LogP contribution in [0.1, 0.15) is 44.0 Å². The summed E-state index contributed by atoms with van der Waals surface area (Å²) in [5.41, 5.74) is -0.292. The summed E-state index contributed by atoms with van der Waals surface area (Å²) in [6.45, 7) is 6.06. The van der Waals surface area contributed by atoms with Gasteiger partial charge in [-0.05, 0) is 12.8 Å². The first kappa shape index (κ1) is 17.2. The maximum absolute atomic E-state index is 11.3. The molecule has 1 rings (SSSR count). The van der Waals surface area contributed by atoms with Crippen molar-refractivity contribution in [1.82, 2.24) is 0 Å². The lowest BCUT2D eigenvalue weighted by Gasteiger charge is -2.25. The summed E-state index contributed by atoms with van der Waals surface area (Å²) in [5, 5.41) is 23.2. The Balaban J connectivity index is 3.22. The average Bonchev–Trinajstić information content (AvgIpc) is 2.41. The number of aromatic carboxylic acids is 1. The Bertz CT molecular complexity index is 544. The highest BCUT2D eigenvalue weighted by Gasteiger charge is 2.23. The molecule has 2 N–H and O–H groups in total. The molecule has 0 fully saturated rings. The van der Waals surface area contributed by atoms with E-state index in [0.717, 1.165) is 25.0 Å². The molecule has 1 aromatic rings. The Hall–Kier alpha value is -1.82. The van der Waals surface area contributed by atoms with E-state index in [0.29, 0.717) is 5.92 Å². The van der Waals surface area contributed by atoms with Gasteiger partial charge in [0, 0.05) is 18.2 Å². The normalized spacial score (nSPS) is 12.2. The number of hydrogen-bond acceptors (Lipinski definition) is 4. The first-order valence-electron chi connectivity index (χ1n) is 6.79. The van der Waals surface area contributed by atoms with Crippen LogP contribution in [0.5, 0.6) is 0 Å². The minimum Gasteiger partial charge on any atom is -0.478 e. The van der Waals surface area contributed by atoms with Gasteiger partial charge in [-0.25, -0.2) is 4.79 Å². The van der Waals surface area contributed by atoms with Crippen molar-refractivity contribution in [3.05, 3.63) is 32.8 Å². The van der Waals surface area contributed by atoms with Crippen LogP contribution in [0, 0.1) is 16.0 Å². The van der Waals surface area contributed by atoms with Crippen molar-refractivity contribution in [1.29, 1.82) is 0 Å². The SMILES string of the molecule is CCC(CC)C(C)Nc1c(Cl)cc([N+](=O)[O-])cc1C(=O)O. The minimum absolute atomic E-state index is 0.0112. The van der Waals surface area contributed by atoms with Crippen molar-refractivity contribution in [2.24, 2.45) is 5.92 Å². The van der Waals surface area contributed by atoms with Gasteiger partial charge in [0.1, 0.15) is 0 Å². The fourth-order valence-corrected chi connectivity index (χ4v) is 2.62. The molecule has 7 heteroatoms. The number of nitrogens with one attached hydrogen (secondary N) is 1. The van der Waals surface area contributed by atoms with Gasteiger partial charge >= 0.3 is 5.97 Å². The van der Waals surface area contributed by atoms with Gasteiger partial charge in [0.05, 0.1) is 21.2 Å². The van der Waals surface area contributed by atoms with Gasteiger partial charge < -0.3 is 10.4 Å². The summed E-state index contributed by atoms with van der Waals surface area (Å²) < 4.78 is 0. The molecule has 0 radical (unpaired) electrons. The molecule has 0 bridgehead atoms. The molecule has 0 aliphatic carbocycles. The number of anilines is 1. The summed E-state index contributed by atoms with van der Waals surface area (Å²) in [7, 11) is 0. The van der Waals surface area contributed by atoms with Crippen molar-refractivity contribution in [2.45, 2.75) is 39.7 Å². The Morgan fingerprint density at radius 3 is 2.43 bits per heavy atom. The summed E-state index contributed by atoms with van der Waals surface area (Å²) in [6, 6.07) is 2.20. The molecule has 1 unspecified atom stereocenters. The lowest BCUT2D eigenvalue weighted by molar-refractivity contribution is -0.384. The lowest BCUT2D eigenvalue weighted by Crippen LogP contribution is -2.26. The summed E-state index contributed by atoms with van der Waals surface area (Å²) in [6.07, 6.45) is 1.88. The predicted octanol–water partition coefficient (Wildman–Crippen LogP) is 4.18. The Kier molecular flexibility index (Phi) is 5.96. The highest BCUT2D eigenvalue weighted by Crippen LogP contribution is 2.33. The maximum Gasteiger partial charge on any atom is 0.338 e. The topological polar surface area (TPSA) is 92.5 Å². The molecule has 0 saturated carbocycles. The molecule has 0 saturated heterocycles. The van der Waals surface area contributed by atoms with Crippen molar-refractivity contribution in [3.63, 3.8) is 0 Å². The van der Waals surface area contributed by atoms with Crippen molar-refractivity contribution in [3.8, 4) is 0 Å². The second-order valence-corrected chi connectivity index (χ2v) is 5.33. The van der Waals surface area contributed by atoms with Crippen molar-refractivity contribution < 1.29 is 14.8 Å². The van der Waals surface area contributed by atoms with Gasteiger partial charge in [-0.15, -0.1) is 0 Å². The number of rotatable bonds is 7. The molecule has 0 spiro atoms. The van der Waals surface area contributed by atoms with E-state index in [-0.39, 0.29) is 28.0 Å². The van der Waals surface area contributed by atoms with Crippen LogP contribution in [0.15, 0.2) is 12.1 Å². The Labute approximate surface area is 128 Å². The van der Waals surface area contributed by atoms with Crippen molar-refractivity contribution in [2.75, 3.05) is 5.32 Å². The van der Waals surface area contributed by atoms with Crippen LogP contribution in [0.2, 0.25) is 5.02 Å². The summed E-state index contributed by atoms with van der Waals surface area (Å²) in [5.74, 6) is -0.891. The molecular weight excluding hydrogens is 296 g/mol. The standard InChI is InChI=1S/C14H19ClN2O4/c1-4-9(5-2)8(3)16-13-11(14(18)19)6-10(17(20)21)7-12(13)15/h6-9,16H,4-5H2,1-3H3,(H,18,19). The summed E-state index contributed by atoms with van der Waals surface area (Å²) >= 11 is 6.03. The second kappa shape index (κ2) is 7.26. The highest BCUT2D eigenvalue weighted by atomic mass is 35.5. The molecule has 1 aromatic carbocycles. The van der Waals surface area contributed by atoms with Gasteiger partial charge in [0.15, 0.2) is 0 Å². The zero-order valence-corrected chi connectivity index (χ0v) is 13.0. The molecule has 0 aromatic heterocycles. The van der Waals surface area contributed by atoms with Crippen LogP contribution in [0.3, 0.4) is 0 Å². The van der Waals surface area contributed by atoms with Gasteiger partial charge in [-0.3, -0.25) is 10.1 Å². The number of nitro benzene ring substituents is 1. The highest BCUT2D eigenvalue weighted by molar-refractivity contribution is 6.34. The zero-order valence-electron chi connectivity index (χ0n) is 12.2. The van der Waals surface area contributed by atoms with Crippen LogP contribution < -0.4 is 5.32 Å². The fraction of sp³-hybridized carbons (Fsp3) is 0.500. The number of nitro groups is 1. The quantitative estimate of drug-likeness (QED) is 0.581. The van der Waals surface area contributed by atoms with Crippen LogP contribution in [0.25, 0.3) is 0 Å². The third kappa shape index (κ3) is 4.07. The van der Waals surface area contributed by atoms with Gasteiger partial charge in [0.2, 0.25) is 0 Å². The largest absolute Gasteiger partial charge is 0.478 e. The number of non-ortho nitro benzene ring substituents is 1. The molecule has 1 atom stereocenters. The van der Waals surface area contributed by atoms with E-state index in [1.54, 1.807) is 0 Å². The number of nitrogens with zero attached hydrogens (tertiary/aromatic N) is 1. The number of carboxylic acid groups (broad SMARTS) is 1. The van der Waals surface area contributed by atoms with Crippen LogP contribution in [0.4, 0.5) is 11.4 Å². The molecule has 0 aliphatic rings.